The molecular weight excluding hydrogens is 398 g/mol. The minimum atomic E-state index is -0.0925. The number of tetrazole rings is 1. The van der Waals surface area contributed by atoms with E-state index in [4.69, 9.17) is 14.2 Å². The second-order valence-electron chi connectivity index (χ2n) is 7.30. The van der Waals surface area contributed by atoms with Crippen LogP contribution < -0.4 is 14.2 Å². The van der Waals surface area contributed by atoms with Crippen LogP contribution in [0.1, 0.15) is 41.6 Å². The number of rotatable bonds is 9. The average molecular weight is 425 g/mol. The van der Waals surface area contributed by atoms with Crippen LogP contribution >= 0.6 is 0 Å². The molecule has 1 amide bonds. The average Bonchev–Trinajstić information content (AvgIpc) is 3.26. The maximum atomic E-state index is 12.8. The first-order valence-corrected chi connectivity index (χ1v) is 9.89. The van der Waals surface area contributed by atoms with Gasteiger partial charge in [0, 0.05) is 19.2 Å². The summed E-state index contributed by atoms with van der Waals surface area (Å²) in [7, 11) is 4.94. The fourth-order valence-electron chi connectivity index (χ4n) is 3.10. The highest BCUT2D eigenvalue weighted by Crippen LogP contribution is 2.28. The third-order valence-corrected chi connectivity index (χ3v) is 4.73. The van der Waals surface area contributed by atoms with Gasteiger partial charge in [-0.2, -0.15) is 0 Å². The Hall–Kier alpha value is -3.62. The predicted molar refractivity (Wildman–Crippen MR) is 114 cm³/mol. The largest absolute Gasteiger partial charge is 0.493 e. The molecule has 1 heterocycles. The SMILES string of the molecule is COc1ccc(CN(C)C(=O)c2ccc(OCc3nnnn3C(C)C)cc2)cc1OC. The maximum Gasteiger partial charge on any atom is 0.253 e. The Kier molecular flexibility index (Phi) is 7.07. The quantitative estimate of drug-likeness (QED) is 0.520. The highest BCUT2D eigenvalue weighted by atomic mass is 16.5. The standard InChI is InChI=1S/C22H27N5O4/c1-15(2)27-21(23-24-25-27)14-31-18-9-7-17(8-10-18)22(28)26(3)13-16-6-11-19(29-4)20(12-16)30-5/h6-12,15H,13-14H2,1-5H3. The van der Waals surface area contributed by atoms with Crippen molar-refractivity contribution in [3.8, 4) is 17.2 Å². The van der Waals surface area contributed by atoms with Crippen molar-refractivity contribution in [1.82, 2.24) is 25.1 Å². The smallest absolute Gasteiger partial charge is 0.253 e. The summed E-state index contributed by atoms with van der Waals surface area (Å²) in [5.74, 6) is 2.47. The van der Waals surface area contributed by atoms with E-state index in [2.05, 4.69) is 15.5 Å². The van der Waals surface area contributed by atoms with E-state index in [-0.39, 0.29) is 18.6 Å². The summed E-state index contributed by atoms with van der Waals surface area (Å²) >= 11 is 0. The first-order valence-electron chi connectivity index (χ1n) is 9.89. The van der Waals surface area contributed by atoms with Gasteiger partial charge < -0.3 is 19.1 Å². The number of amides is 1. The zero-order chi connectivity index (χ0) is 22.4. The number of aromatic nitrogens is 4. The first-order chi connectivity index (χ1) is 14.9. The van der Waals surface area contributed by atoms with Crippen LogP contribution in [0.15, 0.2) is 42.5 Å². The molecule has 0 spiro atoms. The lowest BCUT2D eigenvalue weighted by molar-refractivity contribution is 0.0785. The third kappa shape index (κ3) is 5.30. The van der Waals surface area contributed by atoms with Crippen molar-refractivity contribution in [2.24, 2.45) is 0 Å². The molecule has 0 aliphatic rings. The Balaban J connectivity index is 1.61. The summed E-state index contributed by atoms with van der Waals surface area (Å²) in [4.78, 5) is 14.4. The van der Waals surface area contributed by atoms with E-state index in [0.29, 0.717) is 35.2 Å². The molecule has 1 aromatic heterocycles. The van der Waals surface area contributed by atoms with Gasteiger partial charge in [0.1, 0.15) is 12.4 Å². The second-order valence-corrected chi connectivity index (χ2v) is 7.30. The molecule has 0 aliphatic carbocycles. The summed E-state index contributed by atoms with van der Waals surface area (Å²) < 4.78 is 18.1. The Morgan fingerprint density at radius 1 is 1.06 bits per heavy atom. The molecular formula is C22H27N5O4. The van der Waals surface area contributed by atoms with Crippen LogP contribution in [0, 0.1) is 0 Å². The molecule has 0 radical (unpaired) electrons. The summed E-state index contributed by atoms with van der Waals surface area (Å²) in [6, 6.07) is 12.8. The molecule has 0 fully saturated rings. The summed E-state index contributed by atoms with van der Waals surface area (Å²) in [6.07, 6.45) is 0. The lowest BCUT2D eigenvalue weighted by Gasteiger charge is -2.18. The number of benzene rings is 2. The Bertz CT molecular complexity index is 1020. The van der Waals surface area contributed by atoms with E-state index in [0.717, 1.165) is 5.56 Å². The van der Waals surface area contributed by atoms with Crippen LogP contribution in [0.2, 0.25) is 0 Å². The highest BCUT2D eigenvalue weighted by Gasteiger charge is 2.14. The van der Waals surface area contributed by atoms with E-state index in [1.807, 2.05) is 32.0 Å². The molecule has 0 aliphatic heterocycles. The molecule has 0 unspecified atom stereocenters. The van der Waals surface area contributed by atoms with Gasteiger partial charge in [-0.1, -0.05) is 6.07 Å². The number of nitrogens with zero attached hydrogens (tertiary/aromatic N) is 5. The minimum Gasteiger partial charge on any atom is -0.493 e. The molecule has 0 atom stereocenters. The van der Waals surface area contributed by atoms with E-state index in [1.54, 1.807) is 55.1 Å². The van der Waals surface area contributed by atoms with Gasteiger partial charge in [-0.25, -0.2) is 4.68 Å². The minimum absolute atomic E-state index is 0.0925. The van der Waals surface area contributed by atoms with E-state index in [9.17, 15) is 4.79 Å². The summed E-state index contributed by atoms with van der Waals surface area (Å²) in [5.41, 5.74) is 1.51. The number of hydrogen-bond acceptors (Lipinski definition) is 7. The fourth-order valence-corrected chi connectivity index (χ4v) is 3.10. The Morgan fingerprint density at radius 2 is 1.77 bits per heavy atom. The molecule has 2 aromatic carbocycles. The molecule has 0 saturated heterocycles. The number of carbonyl (C=O) groups is 1. The van der Waals surface area contributed by atoms with Gasteiger partial charge in [-0.05, 0) is 66.2 Å². The normalized spacial score (nSPS) is 10.8. The second kappa shape index (κ2) is 9.92. The zero-order valence-corrected chi connectivity index (χ0v) is 18.4. The van der Waals surface area contributed by atoms with Crippen LogP contribution in [-0.2, 0) is 13.2 Å². The van der Waals surface area contributed by atoms with Crippen LogP contribution in [0.3, 0.4) is 0 Å². The molecule has 164 valence electrons. The zero-order valence-electron chi connectivity index (χ0n) is 18.4. The molecule has 0 N–H and O–H groups in total. The maximum absolute atomic E-state index is 12.8. The van der Waals surface area contributed by atoms with Crippen molar-refractivity contribution in [1.29, 1.82) is 0 Å². The van der Waals surface area contributed by atoms with Crippen LogP contribution in [-0.4, -0.2) is 52.3 Å². The van der Waals surface area contributed by atoms with Gasteiger partial charge >= 0.3 is 0 Å². The van der Waals surface area contributed by atoms with Crippen molar-refractivity contribution in [3.05, 3.63) is 59.4 Å². The molecule has 0 saturated carbocycles. The van der Waals surface area contributed by atoms with Gasteiger partial charge in [0.05, 0.1) is 20.3 Å². The number of methoxy groups -OCH3 is 2. The number of hydrogen-bond donors (Lipinski definition) is 0. The predicted octanol–water partition coefficient (Wildman–Crippen LogP) is 3.12. The van der Waals surface area contributed by atoms with Crippen LogP contribution in [0.4, 0.5) is 0 Å². The Labute approximate surface area is 181 Å². The van der Waals surface area contributed by atoms with Gasteiger partial charge in [0.2, 0.25) is 0 Å². The van der Waals surface area contributed by atoms with Crippen molar-refractivity contribution in [2.75, 3.05) is 21.3 Å². The van der Waals surface area contributed by atoms with Crippen LogP contribution in [0.5, 0.6) is 17.2 Å². The van der Waals surface area contributed by atoms with Gasteiger partial charge in [-0.3, -0.25) is 4.79 Å². The first kappa shape index (κ1) is 22.1. The lowest BCUT2D eigenvalue weighted by atomic mass is 10.1. The molecule has 31 heavy (non-hydrogen) atoms. The highest BCUT2D eigenvalue weighted by molar-refractivity contribution is 5.94. The van der Waals surface area contributed by atoms with E-state index in [1.165, 1.54) is 0 Å². The van der Waals surface area contributed by atoms with Crippen molar-refractivity contribution in [3.63, 3.8) is 0 Å². The molecule has 9 nitrogen and oxygen atoms in total. The fraction of sp³-hybridized carbons (Fsp3) is 0.364. The number of ether oxygens (including phenoxy) is 3. The van der Waals surface area contributed by atoms with Gasteiger partial charge in [0.15, 0.2) is 17.3 Å². The number of carbonyl (C=O) groups excluding carboxylic acids is 1. The molecule has 9 heteroatoms. The molecule has 3 rings (SSSR count). The molecule has 0 bridgehead atoms. The monoisotopic (exact) mass is 425 g/mol. The van der Waals surface area contributed by atoms with Crippen LogP contribution in [0.25, 0.3) is 0 Å². The van der Waals surface area contributed by atoms with Gasteiger partial charge in [-0.15, -0.1) is 5.10 Å². The summed E-state index contributed by atoms with van der Waals surface area (Å²) in [6.45, 7) is 4.69. The topological polar surface area (TPSA) is 91.6 Å². The van der Waals surface area contributed by atoms with E-state index >= 15 is 0 Å². The Morgan fingerprint density at radius 3 is 2.42 bits per heavy atom. The lowest BCUT2D eigenvalue weighted by Crippen LogP contribution is -2.26. The molecule has 3 aromatic rings. The van der Waals surface area contributed by atoms with E-state index < -0.39 is 0 Å². The third-order valence-electron chi connectivity index (χ3n) is 4.73. The van der Waals surface area contributed by atoms with Crippen molar-refractivity contribution >= 4 is 5.91 Å². The van der Waals surface area contributed by atoms with Crippen molar-refractivity contribution < 1.29 is 19.0 Å². The van der Waals surface area contributed by atoms with Crippen molar-refractivity contribution in [2.45, 2.75) is 33.0 Å². The van der Waals surface area contributed by atoms with Gasteiger partial charge in [0.25, 0.3) is 5.91 Å². The summed E-state index contributed by atoms with van der Waals surface area (Å²) in [5, 5.41) is 11.6.